The molecule has 0 rings (SSSR count). The molecule has 26 heavy (non-hydrogen) atoms. The molecular formula is C22H46O4. The molecule has 0 amide bonds. The summed E-state index contributed by atoms with van der Waals surface area (Å²) in [6.07, 6.45) is 20.4. The number of carboxylic acid groups (broad SMARTS) is 1. The van der Waals surface area contributed by atoms with Crippen molar-refractivity contribution in [1.82, 2.24) is 0 Å². The molecule has 0 radical (unpaired) electrons. The quantitative estimate of drug-likeness (QED) is 0.191. The molecule has 0 saturated carbocycles. The lowest BCUT2D eigenvalue weighted by Crippen LogP contribution is -2.01. The van der Waals surface area contributed by atoms with E-state index in [4.69, 9.17) is 15.3 Å². The highest BCUT2D eigenvalue weighted by molar-refractivity contribution is 5.66. The fourth-order valence-electron chi connectivity index (χ4n) is 2.91. The van der Waals surface area contributed by atoms with Gasteiger partial charge in [-0.25, -0.2) is 0 Å². The lowest BCUT2D eigenvalue weighted by molar-refractivity contribution is -0.137. The van der Waals surface area contributed by atoms with Crippen LogP contribution in [-0.2, 0) is 4.79 Å². The Bertz CT molecular complexity index is 267. The summed E-state index contributed by atoms with van der Waals surface area (Å²) in [5, 5.41) is 24.7. The normalized spacial score (nSPS) is 10.7. The molecule has 3 N–H and O–H groups in total. The summed E-state index contributed by atoms with van der Waals surface area (Å²) < 4.78 is 0. The first kappa shape index (κ1) is 27.6. The summed E-state index contributed by atoms with van der Waals surface area (Å²) in [6, 6.07) is 0. The third kappa shape index (κ3) is 31.2. The minimum absolute atomic E-state index is 0.345. The van der Waals surface area contributed by atoms with E-state index >= 15 is 0 Å². The second-order valence-corrected chi connectivity index (χ2v) is 7.36. The fourth-order valence-corrected chi connectivity index (χ4v) is 2.91. The number of aliphatic hydroxyl groups is 2. The van der Waals surface area contributed by atoms with Crippen LogP contribution in [0.1, 0.15) is 129 Å². The van der Waals surface area contributed by atoms with Crippen LogP contribution < -0.4 is 0 Å². The predicted molar refractivity (Wildman–Crippen MR) is 110 cm³/mol. The van der Waals surface area contributed by atoms with Crippen molar-refractivity contribution < 1.29 is 20.1 Å². The Morgan fingerprint density at radius 3 is 1.19 bits per heavy atom. The van der Waals surface area contributed by atoms with Crippen molar-refractivity contribution in [2.45, 2.75) is 136 Å². The molecule has 0 unspecified atom stereocenters. The molecule has 0 spiro atoms. The molecule has 0 atom stereocenters. The van der Waals surface area contributed by atoms with E-state index in [1.807, 2.05) is 6.92 Å². The van der Waals surface area contributed by atoms with Gasteiger partial charge < -0.3 is 15.3 Å². The molecule has 158 valence electrons. The number of unbranched alkanes of at least 4 members (excludes halogenated alkanes) is 14. The van der Waals surface area contributed by atoms with E-state index in [1.54, 1.807) is 0 Å². The van der Waals surface area contributed by atoms with Crippen molar-refractivity contribution in [3.8, 4) is 0 Å². The molecule has 0 bridgehead atoms. The standard InChI is InChI=1S/C18H36O2.C4H10O2/c1-2-3-4-5-6-7-8-9-10-11-12-13-14-15-16-17-18(19)20;1-2-3-4(5)6/h2-17H2,1H3,(H,19,20);4-6H,2-3H2,1H3. The molecular weight excluding hydrogens is 328 g/mol. The van der Waals surface area contributed by atoms with Crippen LogP contribution in [0.3, 0.4) is 0 Å². The zero-order valence-corrected chi connectivity index (χ0v) is 17.6. The SMILES string of the molecule is CCCC(O)O.CCCCCCCCCCCCCCCCCC(=O)O. The van der Waals surface area contributed by atoms with Crippen LogP contribution in [0.15, 0.2) is 0 Å². The maximum Gasteiger partial charge on any atom is 0.303 e. The average Bonchev–Trinajstić information content (AvgIpc) is 2.58. The summed E-state index contributed by atoms with van der Waals surface area (Å²) >= 11 is 0. The maximum atomic E-state index is 10.3. The molecule has 0 fully saturated rings. The van der Waals surface area contributed by atoms with Crippen LogP contribution in [0.4, 0.5) is 0 Å². The monoisotopic (exact) mass is 374 g/mol. The van der Waals surface area contributed by atoms with E-state index in [9.17, 15) is 4.79 Å². The van der Waals surface area contributed by atoms with Gasteiger partial charge in [0, 0.05) is 6.42 Å². The van der Waals surface area contributed by atoms with Crippen LogP contribution in [0.2, 0.25) is 0 Å². The first-order chi connectivity index (χ1) is 12.5. The Morgan fingerprint density at radius 2 is 0.962 bits per heavy atom. The number of carbonyl (C=O) groups is 1. The van der Waals surface area contributed by atoms with E-state index in [1.165, 1.54) is 83.5 Å². The number of aliphatic hydroxyl groups excluding tert-OH is 1. The first-order valence-corrected chi connectivity index (χ1v) is 11.1. The number of aliphatic carboxylic acids is 1. The largest absolute Gasteiger partial charge is 0.481 e. The third-order valence-electron chi connectivity index (χ3n) is 4.54. The van der Waals surface area contributed by atoms with Gasteiger partial charge in [-0.2, -0.15) is 0 Å². The van der Waals surface area contributed by atoms with Gasteiger partial charge in [-0.1, -0.05) is 110 Å². The van der Waals surface area contributed by atoms with Gasteiger partial charge in [0.25, 0.3) is 0 Å². The molecule has 4 heteroatoms. The fraction of sp³-hybridized carbons (Fsp3) is 0.955. The molecule has 0 aliphatic carbocycles. The Morgan fingerprint density at radius 1 is 0.615 bits per heavy atom. The Labute approximate surface area is 162 Å². The lowest BCUT2D eigenvalue weighted by Gasteiger charge is -2.03. The number of rotatable bonds is 18. The van der Waals surface area contributed by atoms with Gasteiger partial charge in [0.05, 0.1) is 0 Å². The van der Waals surface area contributed by atoms with Gasteiger partial charge in [0.2, 0.25) is 0 Å². The smallest absolute Gasteiger partial charge is 0.303 e. The van der Waals surface area contributed by atoms with Crippen LogP contribution in [0.25, 0.3) is 0 Å². The van der Waals surface area contributed by atoms with E-state index < -0.39 is 12.3 Å². The molecule has 0 aromatic carbocycles. The zero-order valence-electron chi connectivity index (χ0n) is 17.6. The van der Waals surface area contributed by atoms with Crippen molar-refractivity contribution in [2.75, 3.05) is 0 Å². The predicted octanol–water partition coefficient (Wildman–Crippen LogP) is 6.43. The maximum absolute atomic E-state index is 10.3. The highest BCUT2D eigenvalue weighted by atomic mass is 16.5. The minimum atomic E-state index is -1.10. The van der Waals surface area contributed by atoms with Crippen LogP contribution >= 0.6 is 0 Å². The van der Waals surface area contributed by atoms with Gasteiger partial charge in [-0.05, 0) is 12.8 Å². The molecule has 0 aliphatic rings. The van der Waals surface area contributed by atoms with Crippen molar-refractivity contribution in [2.24, 2.45) is 0 Å². The topological polar surface area (TPSA) is 77.8 Å². The first-order valence-electron chi connectivity index (χ1n) is 11.1. The van der Waals surface area contributed by atoms with Gasteiger partial charge >= 0.3 is 5.97 Å². The molecule has 4 nitrogen and oxygen atoms in total. The zero-order chi connectivity index (χ0) is 19.9. The van der Waals surface area contributed by atoms with Crippen molar-refractivity contribution in [3.63, 3.8) is 0 Å². The summed E-state index contributed by atoms with van der Waals surface area (Å²) in [6.45, 7) is 4.17. The third-order valence-corrected chi connectivity index (χ3v) is 4.54. The average molecular weight is 375 g/mol. The van der Waals surface area contributed by atoms with Gasteiger partial charge in [-0.15, -0.1) is 0 Å². The van der Waals surface area contributed by atoms with Gasteiger partial charge in [-0.3, -0.25) is 4.79 Å². The summed E-state index contributed by atoms with van der Waals surface area (Å²) in [5.41, 5.74) is 0. The Kier molecular flexibility index (Phi) is 25.9. The van der Waals surface area contributed by atoms with Crippen molar-refractivity contribution >= 4 is 5.97 Å². The second-order valence-electron chi connectivity index (χ2n) is 7.36. The van der Waals surface area contributed by atoms with Crippen LogP contribution in [0, 0.1) is 0 Å². The molecule has 0 heterocycles. The number of hydrogen-bond acceptors (Lipinski definition) is 3. The van der Waals surface area contributed by atoms with Crippen molar-refractivity contribution in [3.05, 3.63) is 0 Å². The van der Waals surface area contributed by atoms with E-state index in [2.05, 4.69) is 6.92 Å². The minimum Gasteiger partial charge on any atom is -0.481 e. The van der Waals surface area contributed by atoms with E-state index in [0.717, 1.165) is 19.3 Å². The highest BCUT2D eigenvalue weighted by Crippen LogP contribution is 2.13. The van der Waals surface area contributed by atoms with Gasteiger partial charge in [0.1, 0.15) is 0 Å². The lowest BCUT2D eigenvalue weighted by atomic mass is 10.0. The second kappa shape index (κ2) is 24.4. The number of hydrogen-bond donors (Lipinski definition) is 3. The highest BCUT2D eigenvalue weighted by Gasteiger charge is 1.97. The van der Waals surface area contributed by atoms with E-state index in [-0.39, 0.29) is 0 Å². The van der Waals surface area contributed by atoms with Gasteiger partial charge in [0.15, 0.2) is 6.29 Å². The van der Waals surface area contributed by atoms with Crippen LogP contribution in [-0.4, -0.2) is 27.6 Å². The summed E-state index contributed by atoms with van der Waals surface area (Å²) in [5.74, 6) is -0.653. The Balaban J connectivity index is 0. The summed E-state index contributed by atoms with van der Waals surface area (Å²) in [4.78, 5) is 10.3. The molecule has 0 aliphatic heterocycles. The number of carboxylic acids is 1. The van der Waals surface area contributed by atoms with Crippen molar-refractivity contribution in [1.29, 1.82) is 0 Å². The molecule has 0 aromatic heterocycles. The molecule has 0 aromatic rings. The summed E-state index contributed by atoms with van der Waals surface area (Å²) in [7, 11) is 0. The van der Waals surface area contributed by atoms with E-state index in [0.29, 0.717) is 12.8 Å². The Hall–Kier alpha value is -0.610. The molecule has 0 saturated heterocycles. The van der Waals surface area contributed by atoms with Crippen LogP contribution in [0.5, 0.6) is 0 Å².